The van der Waals surface area contributed by atoms with Gasteiger partial charge in [-0.15, -0.1) is 0 Å². The van der Waals surface area contributed by atoms with Crippen LogP contribution in [0.3, 0.4) is 0 Å². The Bertz CT molecular complexity index is 1190. The zero-order valence-electron chi connectivity index (χ0n) is 16.3. The summed E-state index contributed by atoms with van der Waals surface area (Å²) in [5.41, 5.74) is 0.906. The summed E-state index contributed by atoms with van der Waals surface area (Å²) in [7, 11) is 0. The number of amides is 1. The minimum absolute atomic E-state index is 0.0542. The van der Waals surface area contributed by atoms with Crippen molar-refractivity contribution in [2.45, 2.75) is 18.6 Å². The quantitative estimate of drug-likeness (QED) is 0.497. The van der Waals surface area contributed by atoms with Crippen molar-refractivity contribution in [1.29, 1.82) is 0 Å². The fourth-order valence-corrected chi connectivity index (χ4v) is 3.40. The molecule has 1 atom stereocenters. The molecule has 0 bridgehead atoms. The van der Waals surface area contributed by atoms with Crippen molar-refractivity contribution in [2.75, 3.05) is 18.4 Å². The first-order valence-corrected chi connectivity index (χ1v) is 9.54. The highest BCUT2D eigenvalue weighted by molar-refractivity contribution is 5.89. The number of likely N-dealkylation sites (tertiary alicyclic amines) is 1. The third-order valence-electron chi connectivity index (χ3n) is 4.99. The summed E-state index contributed by atoms with van der Waals surface area (Å²) in [6.07, 6.45) is -0.856. The lowest BCUT2D eigenvalue weighted by Crippen LogP contribution is -2.30. The zero-order valence-corrected chi connectivity index (χ0v) is 16.3. The molecule has 1 aliphatic rings. The van der Waals surface area contributed by atoms with Gasteiger partial charge in [0.15, 0.2) is 0 Å². The maximum atomic E-state index is 12.7. The van der Waals surface area contributed by atoms with Crippen molar-refractivity contribution < 1.29 is 18.0 Å². The van der Waals surface area contributed by atoms with Gasteiger partial charge in [0, 0.05) is 24.7 Å². The van der Waals surface area contributed by atoms with E-state index in [0.29, 0.717) is 35.8 Å². The van der Waals surface area contributed by atoms with E-state index < -0.39 is 11.7 Å². The van der Waals surface area contributed by atoms with Crippen molar-refractivity contribution in [1.82, 2.24) is 19.9 Å². The largest absolute Gasteiger partial charge is 0.416 e. The number of nitrogens with zero attached hydrogens (tertiary/aromatic N) is 3. The molecule has 3 aromatic rings. The Kier molecular flexibility index (Phi) is 5.38. The Balaban J connectivity index is 1.52. The van der Waals surface area contributed by atoms with E-state index in [1.165, 1.54) is 24.5 Å². The third kappa shape index (κ3) is 4.53. The van der Waals surface area contributed by atoms with E-state index in [1.807, 2.05) is 0 Å². The number of rotatable bonds is 3. The molecular weight excluding hydrogens is 407 g/mol. The number of nitrogens with one attached hydrogen (secondary N) is 2. The zero-order chi connectivity index (χ0) is 22.0. The number of anilines is 1. The van der Waals surface area contributed by atoms with E-state index in [2.05, 4.69) is 38.7 Å². The Morgan fingerprint density at radius 3 is 2.74 bits per heavy atom. The number of aromatic amines is 1. The Morgan fingerprint density at radius 1 is 1.26 bits per heavy atom. The van der Waals surface area contributed by atoms with E-state index in [-0.39, 0.29) is 11.9 Å². The third-order valence-corrected chi connectivity index (χ3v) is 4.99. The number of halogens is 3. The first-order chi connectivity index (χ1) is 14.8. The molecule has 2 N–H and O–H groups in total. The molecule has 4 rings (SSSR count). The smallest absolute Gasteiger partial charge is 0.365 e. The second kappa shape index (κ2) is 8.14. The second-order valence-electron chi connectivity index (χ2n) is 7.11. The van der Waals surface area contributed by atoms with Gasteiger partial charge >= 0.3 is 6.18 Å². The van der Waals surface area contributed by atoms with Crippen LogP contribution in [0.2, 0.25) is 0 Å². The Morgan fingerprint density at radius 2 is 2.03 bits per heavy atom. The highest BCUT2D eigenvalue weighted by Crippen LogP contribution is 2.29. The highest BCUT2D eigenvalue weighted by Gasteiger charge is 2.30. The number of hydrogen-bond donors (Lipinski definition) is 2. The van der Waals surface area contributed by atoms with E-state index in [4.69, 9.17) is 0 Å². The molecule has 31 heavy (non-hydrogen) atoms. The van der Waals surface area contributed by atoms with Gasteiger partial charge in [-0.3, -0.25) is 4.79 Å². The summed E-state index contributed by atoms with van der Waals surface area (Å²) in [4.78, 5) is 25.1. The van der Waals surface area contributed by atoms with Gasteiger partial charge in [-0.2, -0.15) is 13.2 Å². The van der Waals surface area contributed by atoms with Crippen LogP contribution in [-0.4, -0.2) is 44.9 Å². The normalized spacial score (nSPS) is 16.1. The van der Waals surface area contributed by atoms with Crippen LogP contribution in [-0.2, 0) is 11.0 Å². The Hall–Kier alpha value is -3.80. The predicted molar refractivity (Wildman–Crippen MR) is 110 cm³/mol. The van der Waals surface area contributed by atoms with Crippen molar-refractivity contribution >= 4 is 22.8 Å². The summed E-state index contributed by atoms with van der Waals surface area (Å²) in [5, 5.41) is 4.09. The topological polar surface area (TPSA) is 73.9 Å². The fourth-order valence-electron chi connectivity index (χ4n) is 3.40. The number of H-pyrrole nitrogens is 1. The minimum atomic E-state index is -4.37. The number of aromatic nitrogens is 3. The number of hydrogen-bond acceptors (Lipinski definition) is 4. The molecule has 2 aromatic heterocycles. The van der Waals surface area contributed by atoms with Crippen LogP contribution in [0.1, 0.15) is 23.2 Å². The van der Waals surface area contributed by atoms with Gasteiger partial charge in [0.1, 0.15) is 17.8 Å². The number of carbonyl (C=O) groups is 1. The summed E-state index contributed by atoms with van der Waals surface area (Å²) in [6.45, 7) is 4.72. The molecule has 1 aromatic carbocycles. The minimum Gasteiger partial charge on any atom is -0.365 e. The Labute approximate surface area is 176 Å². The van der Waals surface area contributed by atoms with Crippen LogP contribution in [0.5, 0.6) is 0 Å². The second-order valence-corrected chi connectivity index (χ2v) is 7.11. The van der Waals surface area contributed by atoms with Gasteiger partial charge in [-0.1, -0.05) is 12.5 Å². The molecular formula is C22H18F3N5O. The van der Waals surface area contributed by atoms with Gasteiger partial charge in [0.2, 0.25) is 5.91 Å². The van der Waals surface area contributed by atoms with E-state index in [1.54, 1.807) is 11.0 Å². The maximum Gasteiger partial charge on any atom is 0.416 e. The lowest BCUT2D eigenvalue weighted by Gasteiger charge is -2.15. The molecule has 0 radical (unpaired) electrons. The molecule has 6 nitrogen and oxygen atoms in total. The van der Waals surface area contributed by atoms with Gasteiger partial charge in [0.25, 0.3) is 0 Å². The molecule has 0 aliphatic carbocycles. The summed E-state index contributed by atoms with van der Waals surface area (Å²) in [5.74, 6) is 6.29. The highest BCUT2D eigenvalue weighted by atomic mass is 19.4. The summed E-state index contributed by atoms with van der Waals surface area (Å²) in [6, 6.07) is 6.52. The van der Waals surface area contributed by atoms with E-state index in [0.717, 1.165) is 23.9 Å². The maximum absolute atomic E-state index is 12.7. The van der Waals surface area contributed by atoms with E-state index in [9.17, 15) is 18.0 Å². The number of carbonyl (C=O) groups excluding carboxylic acids is 1. The molecule has 0 saturated carbocycles. The number of alkyl halides is 3. The molecule has 1 fully saturated rings. The average Bonchev–Trinajstić information content (AvgIpc) is 3.39. The van der Waals surface area contributed by atoms with Crippen LogP contribution < -0.4 is 5.32 Å². The summed E-state index contributed by atoms with van der Waals surface area (Å²) < 4.78 is 38.0. The molecule has 0 spiro atoms. The predicted octanol–water partition coefficient (Wildman–Crippen LogP) is 3.58. The average molecular weight is 425 g/mol. The first kappa shape index (κ1) is 20.5. The van der Waals surface area contributed by atoms with Crippen LogP contribution in [0, 0.1) is 11.8 Å². The van der Waals surface area contributed by atoms with Crippen molar-refractivity contribution in [3.8, 4) is 11.8 Å². The number of benzene rings is 1. The number of fused-ring (bicyclic) bond motifs is 1. The van der Waals surface area contributed by atoms with Crippen LogP contribution in [0.25, 0.3) is 11.0 Å². The molecule has 1 aliphatic heterocycles. The molecule has 3 heterocycles. The van der Waals surface area contributed by atoms with Gasteiger partial charge in [-0.05, 0) is 48.7 Å². The van der Waals surface area contributed by atoms with E-state index >= 15 is 0 Å². The first-order valence-electron chi connectivity index (χ1n) is 9.54. The van der Waals surface area contributed by atoms with Gasteiger partial charge < -0.3 is 15.2 Å². The molecule has 158 valence electrons. The molecule has 9 heteroatoms. The lowest BCUT2D eigenvalue weighted by molar-refractivity contribution is -0.137. The fraction of sp³-hybridized carbons (Fsp3) is 0.227. The summed E-state index contributed by atoms with van der Waals surface area (Å²) >= 11 is 0. The van der Waals surface area contributed by atoms with Crippen LogP contribution in [0.4, 0.5) is 19.0 Å². The lowest BCUT2D eigenvalue weighted by atomic mass is 10.1. The van der Waals surface area contributed by atoms with Gasteiger partial charge in [0.05, 0.1) is 16.6 Å². The molecule has 1 saturated heterocycles. The van der Waals surface area contributed by atoms with Crippen LogP contribution in [0.15, 0.2) is 49.3 Å². The van der Waals surface area contributed by atoms with Crippen molar-refractivity contribution in [3.05, 3.63) is 66.1 Å². The molecule has 1 unspecified atom stereocenters. The van der Waals surface area contributed by atoms with Crippen LogP contribution >= 0.6 is 0 Å². The monoisotopic (exact) mass is 425 g/mol. The molecule has 1 amide bonds. The van der Waals surface area contributed by atoms with Crippen molar-refractivity contribution in [3.63, 3.8) is 0 Å². The van der Waals surface area contributed by atoms with Crippen molar-refractivity contribution in [2.24, 2.45) is 0 Å². The SMILES string of the molecule is C=CC(=O)N1CCC(Nc2ncnc3[nH]c(C#Cc4ccc(C(F)(F)F)cc4)cc23)C1. The standard InChI is InChI=1S/C22H18F3N5O/c1-2-19(31)30-10-9-17(12-30)29-21-18-11-16(28-20(18)26-13-27-21)8-5-14-3-6-15(7-4-14)22(23,24)25/h2-4,6-7,11,13,17H,1,9-10,12H2,(H2,26,27,28,29). The van der Waals surface area contributed by atoms with Gasteiger partial charge in [-0.25, -0.2) is 9.97 Å².